The van der Waals surface area contributed by atoms with Gasteiger partial charge in [-0.05, 0) is 56.9 Å². The summed E-state index contributed by atoms with van der Waals surface area (Å²) in [5.41, 5.74) is 0.938. The molecule has 1 fully saturated rings. The summed E-state index contributed by atoms with van der Waals surface area (Å²) < 4.78 is 13.6. The molecule has 1 saturated heterocycles. The molecule has 8 nitrogen and oxygen atoms in total. The molecule has 2 aliphatic rings. The molecule has 1 aromatic carbocycles. The summed E-state index contributed by atoms with van der Waals surface area (Å²) in [5, 5.41) is 6.89. The molecule has 0 radical (unpaired) electrons. The number of nitrogens with one attached hydrogen (secondary N) is 2. The molecule has 4 rings (SSSR count). The van der Waals surface area contributed by atoms with E-state index in [0.29, 0.717) is 13.2 Å². The predicted molar refractivity (Wildman–Crippen MR) is 128 cm³/mol. The summed E-state index contributed by atoms with van der Waals surface area (Å²) in [6.07, 6.45) is 10.2. The molecule has 1 aromatic heterocycles. The number of hydrogen-bond donors (Lipinski definition) is 2. The van der Waals surface area contributed by atoms with Crippen LogP contribution >= 0.6 is 0 Å². The Morgan fingerprint density at radius 3 is 2.81 bits per heavy atom. The van der Waals surface area contributed by atoms with Gasteiger partial charge in [-0.2, -0.15) is 0 Å². The molecule has 0 spiro atoms. The largest absolute Gasteiger partial charge is 0.490 e. The van der Waals surface area contributed by atoms with Crippen molar-refractivity contribution in [2.45, 2.75) is 39.2 Å². The third-order valence-electron chi connectivity index (χ3n) is 6.01. The molecular formula is C24H36N6O2. The lowest BCUT2D eigenvalue weighted by Crippen LogP contribution is -2.35. The first-order valence-electron chi connectivity index (χ1n) is 11.9. The number of nitrogens with zero attached hydrogens (tertiary/aromatic N) is 4. The van der Waals surface area contributed by atoms with Crippen LogP contribution in [0.3, 0.4) is 0 Å². The van der Waals surface area contributed by atoms with Gasteiger partial charge in [0.2, 0.25) is 0 Å². The van der Waals surface area contributed by atoms with Crippen molar-refractivity contribution in [1.82, 2.24) is 19.8 Å². The lowest BCUT2D eigenvalue weighted by atomic mass is 9.99. The monoisotopic (exact) mass is 440 g/mol. The van der Waals surface area contributed by atoms with Crippen LogP contribution in [0.5, 0.6) is 11.5 Å². The zero-order valence-corrected chi connectivity index (χ0v) is 19.1. The molecule has 0 unspecified atom stereocenters. The van der Waals surface area contributed by atoms with Gasteiger partial charge in [-0.15, -0.1) is 0 Å². The number of rotatable bonds is 8. The van der Waals surface area contributed by atoms with Crippen LogP contribution in [0, 0.1) is 5.92 Å². The van der Waals surface area contributed by atoms with E-state index in [1.165, 1.54) is 25.9 Å². The highest BCUT2D eigenvalue weighted by molar-refractivity contribution is 5.93. The van der Waals surface area contributed by atoms with Crippen molar-refractivity contribution in [3.8, 4) is 11.5 Å². The van der Waals surface area contributed by atoms with Crippen LogP contribution < -0.4 is 20.1 Å². The van der Waals surface area contributed by atoms with Crippen LogP contribution in [0.2, 0.25) is 0 Å². The number of guanidine groups is 1. The standard InChI is InChI=1S/C24H36N6O2/c1-20-6-12-29(13-7-20)11-2-8-26-24(27-10-15-30-14-9-25-19-30)28-21-4-5-22-23(18-21)32-17-3-16-31-22/h4-5,9,14,18-20H,2-3,6-8,10-13,15-17H2,1H3,(H2,26,27,28). The van der Waals surface area contributed by atoms with Gasteiger partial charge in [0.05, 0.1) is 19.5 Å². The molecule has 2 N–H and O–H groups in total. The van der Waals surface area contributed by atoms with Gasteiger partial charge in [0, 0.05) is 50.2 Å². The molecule has 174 valence electrons. The number of imidazole rings is 1. The summed E-state index contributed by atoms with van der Waals surface area (Å²) >= 11 is 0. The molecule has 0 bridgehead atoms. The molecule has 32 heavy (non-hydrogen) atoms. The van der Waals surface area contributed by atoms with E-state index < -0.39 is 0 Å². The Morgan fingerprint density at radius 1 is 1.16 bits per heavy atom. The summed E-state index contributed by atoms with van der Waals surface area (Å²) in [7, 11) is 0. The second-order valence-corrected chi connectivity index (χ2v) is 8.67. The van der Waals surface area contributed by atoms with Crippen LogP contribution in [0.4, 0.5) is 5.69 Å². The fourth-order valence-electron chi connectivity index (χ4n) is 4.01. The van der Waals surface area contributed by atoms with Crippen molar-refractivity contribution in [3.05, 3.63) is 36.9 Å². The Kier molecular flexibility index (Phi) is 8.25. The second-order valence-electron chi connectivity index (χ2n) is 8.67. The van der Waals surface area contributed by atoms with E-state index in [2.05, 4.69) is 32.0 Å². The Bertz CT molecular complexity index is 846. The van der Waals surface area contributed by atoms with E-state index >= 15 is 0 Å². The summed E-state index contributed by atoms with van der Waals surface area (Å²) in [6.45, 7) is 9.65. The minimum absolute atomic E-state index is 0.676. The molecular weight excluding hydrogens is 404 g/mol. The first-order valence-corrected chi connectivity index (χ1v) is 11.9. The quantitative estimate of drug-likeness (QED) is 0.373. The van der Waals surface area contributed by atoms with Gasteiger partial charge in [0.25, 0.3) is 0 Å². The maximum Gasteiger partial charge on any atom is 0.195 e. The van der Waals surface area contributed by atoms with Crippen LogP contribution in [0.15, 0.2) is 41.9 Å². The number of piperidine rings is 1. The van der Waals surface area contributed by atoms with Gasteiger partial charge < -0.3 is 29.6 Å². The molecule has 0 atom stereocenters. The fourth-order valence-corrected chi connectivity index (χ4v) is 4.01. The molecule has 0 aliphatic carbocycles. The van der Waals surface area contributed by atoms with Gasteiger partial charge in [-0.3, -0.25) is 4.99 Å². The van der Waals surface area contributed by atoms with Crippen LogP contribution in [-0.2, 0) is 6.54 Å². The van der Waals surface area contributed by atoms with E-state index in [0.717, 1.165) is 68.1 Å². The number of fused-ring (bicyclic) bond motifs is 1. The number of aromatic nitrogens is 2. The Labute approximate surface area is 191 Å². The topological polar surface area (TPSA) is 75.9 Å². The van der Waals surface area contributed by atoms with Crippen molar-refractivity contribution in [3.63, 3.8) is 0 Å². The number of hydrogen-bond acceptors (Lipinski definition) is 5. The summed E-state index contributed by atoms with van der Waals surface area (Å²) in [6, 6.07) is 5.96. The first kappa shape index (κ1) is 22.5. The van der Waals surface area contributed by atoms with E-state index in [1.807, 2.05) is 30.7 Å². The number of ether oxygens (including phenoxy) is 2. The van der Waals surface area contributed by atoms with Gasteiger partial charge in [-0.1, -0.05) is 6.92 Å². The molecule has 2 aliphatic heterocycles. The smallest absolute Gasteiger partial charge is 0.195 e. The molecule has 8 heteroatoms. The van der Waals surface area contributed by atoms with Crippen molar-refractivity contribution in [2.24, 2.45) is 10.9 Å². The van der Waals surface area contributed by atoms with Crippen LogP contribution in [0.25, 0.3) is 0 Å². The third-order valence-corrected chi connectivity index (χ3v) is 6.01. The van der Waals surface area contributed by atoms with Gasteiger partial charge in [0.1, 0.15) is 0 Å². The fraction of sp³-hybridized carbons (Fsp3) is 0.583. The second kappa shape index (κ2) is 11.8. The maximum absolute atomic E-state index is 5.83. The normalized spacial score (nSPS) is 17.7. The number of anilines is 1. The molecule has 0 amide bonds. The maximum atomic E-state index is 5.83. The van der Waals surface area contributed by atoms with Gasteiger partial charge >= 0.3 is 0 Å². The van der Waals surface area contributed by atoms with Crippen LogP contribution in [-0.4, -0.2) is 66.3 Å². The SMILES string of the molecule is CC1CCN(CCCN=C(NCCn2ccnc2)Nc2ccc3c(c2)OCCCO3)CC1. The number of likely N-dealkylation sites (tertiary alicyclic amines) is 1. The molecule has 3 heterocycles. The molecule has 2 aromatic rings. The Balaban J connectivity index is 1.33. The number of aliphatic imine (C=N–C) groups is 1. The summed E-state index contributed by atoms with van der Waals surface area (Å²) in [5.74, 6) is 3.24. The average molecular weight is 441 g/mol. The highest BCUT2D eigenvalue weighted by atomic mass is 16.5. The van der Waals surface area contributed by atoms with E-state index in [9.17, 15) is 0 Å². The van der Waals surface area contributed by atoms with Gasteiger partial charge in [-0.25, -0.2) is 4.98 Å². The highest BCUT2D eigenvalue weighted by Gasteiger charge is 2.15. The minimum Gasteiger partial charge on any atom is -0.490 e. The average Bonchev–Trinajstić information content (AvgIpc) is 3.21. The minimum atomic E-state index is 0.676. The van der Waals surface area contributed by atoms with Gasteiger partial charge in [0.15, 0.2) is 17.5 Å². The van der Waals surface area contributed by atoms with Crippen molar-refractivity contribution in [1.29, 1.82) is 0 Å². The number of benzene rings is 1. The predicted octanol–water partition coefficient (Wildman–Crippen LogP) is 3.22. The zero-order valence-electron chi connectivity index (χ0n) is 19.1. The van der Waals surface area contributed by atoms with E-state index in [-0.39, 0.29) is 0 Å². The third kappa shape index (κ3) is 6.88. The Morgan fingerprint density at radius 2 is 2.00 bits per heavy atom. The zero-order chi connectivity index (χ0) is 22.0. The van der Waals surface area contributed by atoms with Crippen molar-refractivity contribution >= 4 is 11.6 Å². The first-order chi connectivity index (χ1) is 15.8. The van der Waals surface area contributed by atoms with Crippen molar-refractivity contribution in [2.75, 3.05) is 51.3 Å². The van der Waals surface area contributed by atoms with E-state index in [4.69, 9.17) is 14.5 Å². The van der Waals surface area contributed by atoms with Crippen molar-refractivity contribution < 1.29 is 9.47 Å². The van der Waals surface area contributed by atoms with Crippen LogP contribution in [0.1, 0.15) is 32.6 Å². The van der Waals surface area contributed by atoms with E-state index in [1.54, 1.807) is 6.20 Å². The summed E-state index contributed by atoms with van der Waals surface area (Å²) in [4.78, 5) is 11.5. The molecule has 0 saturated carbocycles. The Hall–Kier alpha value is -2.74. The lowest BCUT2D eigenvalue weighted by Gasteiger charge is -2.29. The highest BCUT2D eigenvalue weighted by Crippen LogP contribution is 2.32. The lowest BCUT2D eigenvalue weighted by molar-refractivity contribution is 0.192.